The van der Waals surface area contributed by atoms with Crippen molar-refractivity contribution in [3.05, 3.63) is 0 Å². The third-order valence-corrected chi connectivity index (χ3v) is 1.30. The number of hydrogen-bond donors (Lipinski definition) is 1. The van der Waals surface area contributed by atoms with Gasteiger partial charge in [-0.1, -0.05) is 20.8 Å². The molecule has 0 aliphatic heterocycles. The van der Waals surface area contributed by atoms with Crippen LogP contribution < -0.4 is 5.43 Å². The van der Waals surface area contributed by atoms with Crippen LogP contribution in [0.15, 0.2) is 5.10 Å². The van der Waals surface area contributed by atoms with E-state index in [1.54, 1.807) is 13.1 Å². The summed E-state index contributed by atoms with van der Waals surface area (Å²) in [7, 11) is 0. The predicted octanol–water partition coefficient (Wildman–Crippen LogP) is 1.20. The first-order chi connectivity index (χ1) is 4.98. The Kier molecular flexibility index (Phi) is 3.79. The van der Waals surface area contributed by atoms with E-state index in [9.17, 15) is 4.79 Å². The minimum atomic E-state index is -0.268. The molecule has 1 N–H and O–H groups in total. The Labute approximate surface area is 67.9 Å². The highest BCUT2D eigenvalue weighted by molar-refractivity contribution is 5.85. The highest BCUT2D eigenvalue weighted by atomic mass is 16.1. The molecule has 0 aromatic carbocycles. The molecule has 3 nitrogen and oxygen atoms in total. The second-order valence-corrected chi connectivity index (χ2v) is 3.40. The fourth-order valence-corrected chi connectivity index (χ4v) is 0.474. The lowest BCUT2D eigenvalue weighted by molar-refractivity contribution is -0.125. The summed E-state index contributed by atoms with van der Waals surface area (Å²) in [6, 6.07) is 0. The van der Waals surface area contributed by atoms with E-state index < -0.39 is 0 Å². The van der Waals surface area contributed by atoms with Crippen LogP contribution in [-0.4, -0.2) is 18.5 Å². The zero-order valence-corrected chi connectivity index (χ0v) is 7.64. The van der Waals surface area contributed by atoms with Gasteiger partial charge in [-0.2, -0.15) is 5.10 Å². The number of carbonyl (C=O) groups excluding carboxylic acids is 1. The molecule has 0 aliphatic rings. The van der Waals surface area contributed by atoms with Crippen molar-refractivity contribution in [1.82, 2.24) is 5.43 Å². The van der Waals surface area contributed by atoms with Crippen molar-refractivity contribution >= 4 is 12.0 Å². The third-order valence-electron chi connectivity index (χ3n) is 1.30. The molecule has 3 heteroatoms. The third kappa shape index (κ3) is 4.53. The topological polar surface area (TPSA) is 41.5 Å². The summed E-state index contributed by atoms with van der Waals surface area (Å²) in [5.74, 6) is 0.170. The van der Waals surface area contributed by atoms with Crippen molar-refractivity contribution in [2.75, 3.05) is 6.54 Å². The molecule has 0 spiro atoms. The number of hydrazone groups is 1. The van der Waals surface area contributed by atoms with Gasteiger partial charge in [-0.15, -0.1) is 0 Å². The molecule has 0 bridgehead atoms. The van der Waals surface area contributed by atoms with Crippen molar-refractivity contribution in [2.24, 2.45) is 10.5 Å². The lowest BCUT2D eigenvalue weighted by Crippen LogP contribution is -2.29. The van der Waals surface area contributed by atoms with Crippen LogP contribution in [0.25, 0.3) is 0 Å². The van der Waals surface area contributed by atoms with Crippen molar-refractivity contribution in [3.8, 4) is 0 Å². The van der Waals surface area contributed by atoms with Gasteiger partial charge in [-0.05, 0) is 6.92 Å². The number of hydrogen-bond acceptors (Lipinski definition) is 3. The fraction of sp³-hybridized carbons (Fsp3) is 0.750. The van der Waals surface area contributed by atoms with Crippen LogP contribution in [0.5, 0.6) is 0 Å². The fourth-order valence-electron chi connectivity index (χ4n) is 0.474. The van der Waals surface area contributed by atoms with Gasteiger partial charge in [-0.25, -0.2) is 0 Å². The molecule has 0 aromatic rings. The second-order valence-electron chi connectivity index (χ2n) is 3.40. The Hall–Kier alpha value is -0.860. The van der Waals surface area contributed by atoms with E-state index in [1.165, 1.54) is 0 Å². The van der Waals surface area contributed by atoms with E-state index in [1.807, 2.05) is 20.8 Å². The van der Waals surface area contributed by atoms with Crippen LogP contribution in [0.4, 0.5) is 0 Å². The van der Waals surface area contributed by atoms with Crippen LogP contribution in [-0.2, 0) is 4.79 Å². The SMILES string of the molecule is CC=NNCC(=O)C(C)(C)C. The van der Waals surface area contributed by atoms with Gasteiger partial charge >= 0.3 is 0 Å². The normalized spacial score (nSPS) is 12.0. The van der Waals surface area contributed by atoms with Gasteiger partial charge in [0, 0.05) is 11.6 Å². The lowest BCUT2D eigenvalue weighted by atomic mass is 9.91. The summed E-state index contributed by atoms with van der Waals surface area (Å²) < 4.78 is 0. The largest absolute Gasteiger partial charge is 0.303 e. The maximum atomic E-state index is 11.2. The van der Waals surface area contributed by atoms with Gasteiger partial charge in [0.25, 0.3) is 0 Å². The van der Waals surface area contributed by atoms with Gasteiger partial charge in [0.1, 0.15) is 0 Å². The van der Waals surface area contributed by atoms with Crippen LogP contribution >= 0.6 is 0 Å². The van der Waals surface area contributed by atoms with Crippen LogP contribution in [0, 0.1) is 5.41 Å². The minimum absolute atomic E-state index is 0.170. The molecule has 0 unspecified atom stereocenters. The lowest BCUT2D eigenvalue weighted by Gasteiger charge is -2.15. The minimum Gasteiger partial charge on any atom is -0.303 e. The number of ketones is 1. The maximum absolute atomic E-state index is 11.2. The zero-order chi connectivity index (χ0) is 8.91. The summed E-state index contributed by atoms with van der Waals surface area (Å²) in [5, 5.41) is 3.73. The summed E-state index contributed by atoms with van der Waals surface area (Å²) in [4.78, 5) is 11.2. The molecule has 64 valence electrons. The first-order valence-electron chi connectivity index (χ1n) is 3.72. The van der Waals surface area contributed by atoms with Gasteiger partial charge in [0.2, 0.25) is 0 Å². The quantitative estimate of drug-likeness (QED) is 0.492. The Bertz CT molecular complexity index is 156. The second kappa shape index (κ2) is 4.11. The molecule has 11 heavy (non-hydrogen) atoms. The molecular weight excluding hydrogens is 140 g/mol. The van der Waals surface area contributed by atoms with Crippen molar-refractivity contribution in [3.63, 3.8) is 0 Å². The summed E-state index contributed by atoms with van der Waals surface area (Å²) in [6.45, 7) is 7.80. The molecule has 0 fully saturated rings. The molecule has 0 saturated carbocycles. The number of nitrogens with zero attached hydrogens (tertiary/aromatic N) is 1. The van der Waals surface area contributed by atoms with E-state index in [2.05, 4.69) is 10.5 Å². The van der Waals surface area contributed by atoms with Crippen molar-refractivity contribution < 1.29 is 4.79 Å². The van der Waals surface area contributed by atoms with Crippen molar-refractivity contribution in [1.29, 1.82) is 0 Å². The average molecular weight is 156 g/mol. The monoisotopic (exact) mass is 156 g/mol. The first-order valence-corrected chi connectivity index (χ1v) is 3.72. The van der Waals surface area contributed by atoms with Crippen molar-refractivity contribution in [2.45, 2.75) is 27.7 Å². The first kappa shape index (κ1) is 10.1. The van der Waals surface area contributed by atoms with Gasteiger partial charge < -0.3 is 5.43 Å². The maximum Gasteiger partial charge on any atom is 0.158 e. The molecule has 0 radical (unpaired) electrons. The molecule has 0 saturated heterocycles. The van der Waals surface area contributed by atoms with Crippen LogP contribution in [0.1, 0.15) is 27.7 Å². The number of nitrogens with one attached hydrogen (secondary N) is 1. The number of carbonyl (C=O) groups is 1. The molecule has 0 heterocycles. The summed E-state index contributed by atoms with van der Waals surface area (Å²) >= 11 is 0. The Morgan fingerprint density at radius 3 is 2.45 bits per heavy atom. The number of Topliss-reactive ketones (excluding diaryl/α,β-unsaturated/α-hetero) is 1. The summed E-state index contributed by atoms with van der Waals surface area (Å²) in [5.41, 5.74) is 2.39. The Balaban J connectivity index is 3.71. The van der Waals surface area contributed by atoms with Gasteiger partial charge in [-0.3, -0.25) is 4.79 Å². The van der Waals surface area contributed by atoms with Crippen LogP contribution in [0.3, 0.4) is 0 Å². The summed E-state index contributed by atoms with van der Waals surface area (Å²) in [6.07, 6.45) is 1.62. The molecule has 0 aliphatic carbocycles. The number of rotatable bonds is 3. The standard InChI is InChI=1S/C8H16N2O/c1-5-9-10-6-7(11)8(2,3)4/h5,10H,6H2,1-4H3. The highest BCUT2D eigenvalue weighted by Gasteiger charge is 2.19. The van der Waals surface area contributed by atoms with Gasteiger partial charge in [0.05, 0.1) is 6.54 Å². The molecule has 0 aromatic heterocycles. The molecular formula is C8H16N2O. The molecule has 0 atom stereocenters. The Morgan fingerprint density at radius 2 is 2.09 bits per heavy atom. The molecule has 0 amide bonds. The van der Waals surface area contributed by atoms with E-state index in [0.29, 0.717) is 6.54 Å². The smallest absolute Gasteiger partial charge is 0.158 e. The van der Waals surface area contributed by atoms with Crippen LogP contribution in [0.2, 0.25) is 0 Å². The Morgan fingerprint density at radius 1 is 1.55 bits per heavy atom. The predicted molar refractivity (Wildman–Crippen MR) is 46.6 cm³/mol. The van der Waals surface area contributed by atoms with E-state index in [4.69, 9.17) is 0 Å². The molecule has 0 rings (SSSR count). The van der Waals surface area contributed by atoms with E-state index >= 15 is 0 Å². The van der Waals surface area contributed by atoms with E-state index in [-0.39, 0.29) is 11.2 Å². The van der Waals surface area contributed by atoms with E-state index in [0.717, 1.165) is 0 Å². The average Bonchev–Trinajstić information content (AvgIpc) is 1.86. The zero-order valence-electron chi connectivity index (χ0n) is 7.64. The highest BCUT2D eigenvalue weighted by Crippen LogP contribution is 2.13. The van der Waals surface area contributed by atoms with Gasteiger partial charge in [0.15, 0.2) is 5.78 Å².